The number of benzene rings is 1. The molecule has 0 aliphatic heterocycles. The molecule has 1 aromatic heterocycles. The first kappa shape index (κ1) is 10.1. The zero-order chi connectivity index (χ0) is 11.2. The minimum absolute atomic E-state index is 0.261. The minimum Gasteiger partial charge on any atom is -0.369 e. The van der Waals surface area contributed by atoms with Gasteiger partial charge in [-0.3, -0.25) is 0 Å². The summed E-state index contributed by atoms with van der Waals surface area (Å²) < 4.78 is 0. The second kappa shape index (κ2) is 4.88. The van der Waals surface area contributed by atoms with E-state index in [1.807, 2.05) is 30.3 Å². The van der Waals surface area contributed by atoms with Crippen molar-refractivity contribution < 1.29 is 0 Å². The van der Waals surface area contributed by atoms with E-state index in [1.165, 1.54) is 0 Å². The van der Waals surface area contributed by atoms with Gasteiger partial charge >= 0.3 is 0 Å². The summed E-state index contributed by atoms with van der Waals surface area (Å²) in [6.45, 7) is 0. The largest absolute Gasteiger partial charge is 0.369 e. The van der Waals surface area contributed by atoms with Gasteiger partial charge in [0, 0.05) is 18.1 Å². The van der Waals surface area contributed by atoms with Crippen LogP contribution >= 0.6 is 0 Å². The normalized spacial score (nSPS) is 11.1. The van der Waals surface area contributed by atoms with Gasteiger partial charge in [-0.1, -0.05) is 18.2 Å². The van der Waals surface area contributed by atoms with Gasteiger partial charge in [-0.15, -0.1) is 0 Å². The van der Waals surface area contributed by atoms with Gasteiger partial charge in [-0.05, 0) is 18.2 Å². The molecular weight excluding hydrogens is 202 g/mol. The Morgan fingerprint density at radius 2 is 1.75 bits per heavy atom. The Hall–Kier alpha value is -2.43. The lowest BCUT2D eigenvalue weighted by molar-refractivity contribution is 1.13. The molecule has 0 fully saturated rings. The number of aliphatic imine (C=N–C) groups is 1. The van der Waals surface area contributed by atoms with Gasteiger partial charge in [0.05, 0.1) is 0 Å². The molecule has 1 aromatic carbocycles. The summed E-state index contributed by atoms with van der Waals surface area (Å²) in [5.74, 6) is 0.598. The van der Waals surface area contributed by atoms with Crippen LogP contribution in [0.1, 0.15) is 0 Å². The number of nitrogens with two attached hydrogens (primary N) is 1. The highest BCUT2D eigenvalue weighted by atomic mass is 15.2. The van der Waals surface area contributed by atoms with Crippen molar-refractivity contribution in [3.8, 4) is 0 Å². The van der Waals surface area contributed by atoms with E-state index in [1.54, 1.807) is 18.5 Å². The topological polar surface area (TPSA) is 76.2 Å². The van der Waals surface area contributed by atoms with Crippen molar-refractivity contribution >= 4 is 17.6 Å². The Kier molecular flexibility index (Phi) is 3.08. The van der Waals surface area contributed by atoms with Crippen molar-refractivity contribution in [1.82, 2.24) is 9.97 Å². The number of anilines is 1. The smallest absolute Gasteiger partial charge is 0.252 e. The van der Waals surface area contributed by atoms with Crippen molar-refractivity contribution in [2.75, 3.05) is 5.32 Å². The highest BCUT2D eigenvalue weighted by Gasteiger charge is 1.95. The summed E-state index contributed by atoms with van der Waals surface area (Å²) in [4.78, 5) is 11.9. The maximum absolute atomic E-state index is 5.70. The Bertz CT molecular complexity index is 466. The van der Waals surface area contributed by atoms with Gasteiger partial charge in [-0.25, -0.2) is 9.97 Å². The molecule has 2 aromatic rings. The first-order valence-corrected chi connectivity index (χ1v) is 4.78. The molecule has 3 N–H and O–H groups in total. The van der Waals surface area contributed by atoms with E-state index in [2.05, 4.69) is 20.3 Å². The molecule has 0 saturated carbocycles. The van der Waals surface area contributed by atoms with Crippen molar-refractivity contribution in [2.24, 2.45) is 10.7 Å². The predicted octanol–water partition coefficient (Wildman–Crippen LogP) is 1.53. The van der Waals surface area contributed by atoms with Crippen LogP contribution in [-0.2, 0) is 0 Å². The molecule has 5 heteroatoms. The molecule has 0 aliphatic rings. The first-order chi connectivity index (χ1) is 7.84. The highest BCUT2D eigenvalue weighted by molar-refractivity contribution is 5.93. The average molecular weight is 213 g/mol. The molecule has 0 bridgehead atoms. The van der Waals surface area contributed by atoms with Crippen LogP contribution in [0.2, 0.25) is 0 Å². The quantitative estimate of drug-likeness (QED) is 0.586. The summed E-state index contributed by atoms with van der Waals surface area (Å²) in [5.41, 5.74) is 6.57. The number of nitrogens with zero attached hydrogens (tertiary/aromatic N) is 3. The zero-order valence-electron chi connectivity index (χ0n) is 8.54. The van der Waals surface area contributed by atoms with E-state index >= 15 is 0 Å². The van der Waals surface area contributed by atoms with Gasteiger partial charge in [0.25, 0.3) is 5.95 Å². The predicted molar refractivity (Wildman–Crippen MR) is 63.4 cm³/mol. The van der Waals surface area contributed by atoms with Crippen LogP contribution in [0.25, 0.3) is 0 Å². The van der Waals surface area contributed by atoms with E-state index in [-0.39, 0.29) is 5.96 Å². The van der Waals surface area contributed by atoms with E-state index in [9.17, 15) is 0 Å². The van der Waals surface area contributed by atoms with Crippen LogP contribution in [0, 0.1) is 0 Å². The average Bonchev–Trinajstić information content (AvgIpc) is 2.31. The summed E-state index contributed by atoms with van der Waals surface area (Å²) in [5, 5.41) is 2.94. The fourth-order valence-corrected chi connectivity index (χ4v) is 1.15. The van der Waals surface area contributed by atoms with Gasteiger partial charge in [0.2, 0.25) is 5.96 Å². The number of guanidine groups is 1. The fourth-order valence-electron chi connectivity index (χ4n) is 1.15. The van der Waals surface area contributed by atoms with Gasteiger partial charge < -0.3 is 11.1 Å². The third-order valence-corrected chi connectivity index (χ3v) is 1.82. The molecule has 0 amide bonds. The van der Waals surface area contributed by atoms with E-state index < -0.39 is 0 Å². The molecule has 2 rings (SSSR count). The van der Waals surface area contributed by atoms with Gasteiger partial charge in [-0.2, -0.15) is 4.99 Å². The van der Waals surface area contributed by atoms with Crippen LogP contribution in [-0.4, -0.2) is 15.9 Å². The van der Waals surface area contributed by atoms with Gasteiger partial charge in [0.15, 0.2) is 0 Å². The van der Waals surface area contributed by atoms with Crippen molar-refractivity contribution in [3.63, 3.8) is 0 Å². The molecule has 0 aliphatic carbocycles. The second-order valence-electron chi connectivity index (χ2n) is 3.04. The summed E-state index contributed by atoms with van der Waals surface area (Å²) in [6, 6.07) is 11.3. The van der Waals surface area contributed by atoms with E-state index in [0.717, 1.165) is 5.69 Å². The number of rotatable bonds is 2. The molecule has 0 spiro atoms. The van der Waals surface area contributed by atoms with Crippen LogP contribution in [0.5, 0.6) is 0 Å². The number of para-hydroxylation sites is 1. The Labute approximate surface area is 93.1 Å². The molecule has 0 atom stereocenters. The number of aromatic nitrogens is 2. The molecule has 0 radical (unpaired) electrons. The molecule has 80 valence electrons. The van der Waals surface area contributed by atoms with E-state index in [4.69, 9.17) is 5.73 Å². The molecule has 16 heavy (non-hydrogen) atoms. The van der Waals surface area contributed by atoms with Crippen LogP contribution < -0.4 is 11.1 Å². The van der Waals surface area contributed by atoms with Crippen LogP contribution in [0.4, 0.5) is 11.6 Å². The minimum atomic E-state index is 0.261. The maximum atomic E-state index is 5.70. The zero-order valence-corrected chi connectivity index (χ0v) is 8.54. The Morgan fingerprint density at radius 3 is 2.44 bits per heavy atom. The van der Waals surface area contributed by atoms with E-state index in [0.29, 0.717) is 5.95 Å². The lowest BCUT2D eigenvalue weighted by atomic mass is 10.3. The molecule has 1 heterocycles. The summed E-state index contributed by atoms with van der Waals surface area (Å²) in [6.07, 6.45) is 3.23. The molecule has 5 nitrogen and oxygen atoms in total. The standard InChI is InChI=1S/C11H11N5/c12-10(15-9-5-2-1-3-6-9)16-11-13-7-4-8-14-11/h1-8H,(H3,12,13,14,15,16). The SMILES string of the molecule is NC(=Nc1ncccn1)Nc1ccccc1. The third kappa shape index (κ3) is 2.78. The monoisotopic (exact) mass is 213 g/mol. The van der Waals surface area contributed by atoms with Crippen molar-refractivity contribution in [2.45, 2.75) is 0 Å². The van der Waals surface area contributed by atoms with Crippen molar-refractivity contribution in [1.29, 1.82) is 0 Å². The third-order valence-electron chi connectivity index (χ3n) is 1.82. The molecule has 0 unspecified atom stereocenters. The lowest BCUT2D eigenvalue weighted by Crippen LogP contribution is -2.22. The second-order valence-corrected chi connectivity index (χ2v) is 3.04. The van der Waals surface area contributed by atoms with Crippen molar-refractivity contribution in [3.05, 3.63) is 48.8 Å². The Balaban J connectivity index is 2.09. The highest BCUT2D eigenvalue weighted by Crippen LogP contribution is 2.05. The summed E-state index contributed by atoms with van der Waals surface area (Å²) in [7, 11) is 0. The number of nitrogens with one attached hydrogen (secondary N) is 1. The summed E-state index contributed by atoms with van der Waals surface area (Å²) >= 11 is 0. The fraction of sp³-hybridized carbons (Fsp3) is 0. The maximum Gasteiger partial charge on any atom is 0.252 e. The van der Waals surface area contributed by atoms with Gasteiger partial charge in [0.1, 0.15) is 0 Å². The lowest BCUT2D eigenvalue weighted by Gasteiger charge is -2.03. The first-order valence-electron chi connectivity index (χ1n) is 4.78. The van der Waals surface area contributed by atoms with Crippen LogP contribution in [0.15, 0.2) is 53.8 Å². The number of hydrogen-bond acceptors (Lipinski definition) is 3. The Morgan fingerprint density at radius 1 is 1.06 bits per heavy atom. The molecular formula is C11H11N5. The molecule has 0 saturated heterocycles. The van der Waals surface area contributed by atoms with Crippen LogP contribution in [0.3, 0.4) is 0 Å². The number of hydrogen-bond donors (Lipinski definition) is 2.